The SMILES string of the molecule is CC1(C)CCCC1NC(=O)c1ccc(F)c(S)c1. The molecule has 2 rings (SSSR count). The van der Waals surface area contributed by atoms with Gasteiger partial charge in [-0.3, -0.25) is 4.79 Å². The topological polar surface area (TPSA) is 29.1 Å². The molecule has 1 amide bonds. The maximum atomic E-state index is 13.1. The summed E-state index contributed by atoms with van der Waals surface area (Å²) >= 11 is 3.99. The van der Waals surface area contributed by atoms with Crippen LogP contribution >= 0.6 is 12.6 Å². The van der Waals surface area contributed by atoms with E-state index in [1.165, 1.54) is 18.2 Å². The Hall–Kier alpha value is -1.03. The molecule has 0 saturated heterocycles. The Bertz CT molecular complexity index is 473. The second-order valence-electron chi connectivity index (χ2n) is 5.57. The normalized spacial score (nSPS) is 21.9. The lowest BCUT2D eigenvalue weighted by molar-refractivity contribution is 0.0909. The first kappa shape index (κ1) is 13.4. The highest BCUT2D eigenvalue weighted by molar-refractivity contribution is 7.80. The second kappa shape index (κ2) is 4.92. The van der Waals surface area contributed by atoms with Gasteiger partial charge in [0, 0.05) is 16.5 Å². The lowest BCUT2D eigenvalue weighted by atomic mass is 9.87. The summed E-state index contributed by atoms with van der Waals surface area (Å²) in [6.07, 6.45) is 3.27. The van der Waals surface area contributed by atoms with E-state index in [0.717, 1.165) is 19.3 Å². The van der Waals surface area contributed by atoms with Crippen LogP contribution in [0.2, 0.25) is 0 Å². The molecule has 0 radical (unpaired) electrons. The van der Waals surface area contributed by atoms with Crippen molar-refractivity contribution in [2.75, 3.05) is 0 Å². The summed E-state index contributed by atoms with van der Waals surface area (Å²) in [4.78, 5) is 12.3. The third-order valence-corrected chi connectivity index (χ3v) is 4.11. The van der Waals surface area contributed by atoms with E-state index < -0.39 is 5.82 Å². The van der Waals surface area contributed by atoms with Crippen LogP contribution in [-0.2, 0) is 0 Å². The van der Waals surface area contributed by atoms with Gasteiger partial charge in [-0.15, -0.1) is 12.6 Å². The number of benzene rings is 1. The van der Waals surface area contributed by atoms with E-state index in [9.17, 15) is 9.18 Å². The third-order valence-electron chi connectivity index (χ3n) is 3.77. The standard InChI is InChI=1S/C14H18FNOS/c1-14(2)7-3-4-12(14)16-13(17)9-5-6-10(15)11(18)8-9/h5-6,8,12,18H,3-4,7H2,1-2H3,(H,16,17). The van der Waals surface area contributed by atoms with Crippen molar-refractivity contribution < 1.29 is 9.18 Å². The minimum Gasteiger partial charge on any atom is -0.349 e. The van der Waals surface area contributed by atoms with Gasteiger partial charge in [0.1, 0.15) is 5.82 Å². The Morgan fingerprint density at radius 2 is 2.22 bits per heavy atom. The van der Waals surface area contributed by atoms with Gasteiger partial charge in [-0.2, -0.15) is 0 Å². The van der Waals surface area contributed by atoms with E-state index in [0.29, 0.717) is 5.56 Å². The van der Waals surface area contributed by atoms with Crippen LogP contribution < -0.4 is 5.32 Å². The van der Waals surface area contributed by atoms with E-state index in [4.69, 9.17) is 0 Å². The van der Waals surface area contributed by atoms with E-state index in [-0.39, 0.29) is 22.3 Å². The molecule has 1 saturated carbocycles. The lowest BCUT2D eigenvalue weighted by Crippen LogP contribution is -2.41. The van der Waals surface area contributed by atoms with Crippen LogP contribution in [0.25, 0.3) is 0 Å². The number of carbonyl (C=O) groups is 1. The van der Waals surface area contributed by atoms with Gasteiger partial charge in [0.15, 0.2) is 0 Å². The van der Waals surface area contributed by atoms with Crippen molar-refractivity contribution in [3.63, 3.8) is 0 Å². The molecule has 1 unspecified atom stereocenters. The number of hydrogen-bond acceptors (Lipinski definition) is 2. The molecule has 1 atom stereocenters. The highest BCUT2D eigenvalue weighted by Gasteiger charge is 2.35. The molecule has 0 spiro atoms. The van der Waals surface area contributed by atoms with Crippen LogP contribution in [-0.4, -0.2) is 11.9 Å². The average molecular weight is 267 g/mol. The predicted octanol–water partition coefficient (Wildman–Crippen LogP) is 3.42. The molecule has 2 nitrogen and oxygen atoms in total. The Morgan fingerprint density at radius 1 is 1.50 bits per heavy atom. The summed E-state index contributed by atoms with van der Waals surface area (Å²) in [5.74, 6) is -0.554. The van der Waals surface area contributed by atoms with Crippen molar-refractivity contribution in [1.82, 2.24) is 5.32 Å². The molecule has 4 heteroatoms. The fraction of sp³-hybridized carbons (Fsp3) is 0.500. The maximum absolute atomic E-state index is 13.1. The number of thiol groups is 1. The fourth-order valence-corrected chi connectivity index (χ4v) is 2.70. The minimum atomic E-state index is -0.406. The summed E-state index contributed by atoms with van der Waals surface area (Å²) in [6, 6.07) is 4.43. The van der Waals surface area contributed by atoms with Gasteiger partial charge in [-0.1, -0.05) is 20.3 Å². The van der Waals surface area contributed by atoms with Crippen molar-refractivity contribution in [2.24, 2.45) is 5.41 Å². The number of carbonyl (C=O) groups excluding carboxylic acids is 1. The van der Waals surface area contributed by atoms with Gasteiger partial charge in [0.05, 0.1) is 0 Å². The first-order chi connectivity index (χ1) is 8.40. The van der Waals surface area contributed by atoms with E-state index in [2.05, 4.69) is 31.8 Å². The minimum absolute atomic E-state index is 0.138. The smallest absolute Gasteiger partial charge is 0.251 e. The zero-order valence-corrected chi connectivity index (χ0v) is 11.6. The number of amides is 1. The highest BCUT2D eigenvalue weighted by Crippen LogP contribution is 2.37. The lowest BCUT2D eigenvalue weighted by Gasteiger charge is -2.27. The summed E-state index contributed by atoms with van der Waals surface area (Å²) in [6.45, 7) is 4.33. The van der Waals surface area contributed by atoms with Crippen molar-refractivity contribution in [3.05, 3.63) is 29.6 Å². The quantitative estimate of drug-likeness (QED) is 0.790. The molecule has 1 aromatic rings. The van der Waals surface area contributed by atoms with Gasteiger partial charge in [-0.05, 0) is 36.5 Å². The molecule has 0 aliphatic heterocycles. The van der Waals surface area contributed by atoms with Crippen LogP contribution in [0.15, 0.2) is 23.1 Å². The van der Waals surface area contributed by atoms with E-state index in [1.807, 2.05) is 0 Å². The molecule has 18 heavy (non-hydrogen) atoms. The summed E-state index contributed by atoms with van der Waals surface area (Å²) in [5.41, 5.74) is 0.601. The molecular weight excluding hydrogens is 249 g/mol. The van der Waals surface area contributed by atoms with E-state index in [1.54, 1.807) is 0 Å². The van der Waals surface area contributed by atoms with Crippen molar-refractivity contribution in [1.29, 1.82) is 0 Å². The summed E-state index contributed by atoms with van der Waals surface area (Å²) in [7, 11) is 0. The van der Waals surface area contributed by atoms with Gasteiger partial charge in [0.2, 0.25) is 0 Å². The molecule has 0 bridgehead atoms. The van der Waals surface area contributed by atoms with Gasteiger partial charge >= 0.3 is 0 Å². The monoisotopic (exact) mass is 267 g/mol. The van der Waals surface area contributed by atoms with E-state index >= 15 is 0 Å². The molecule has 1 aliphatic carbocycles. The van der Waals surface area contributed by atoms with Crippen molar-refractivity contribution in [2.45, 2.75) is 44.0 Å². The third kappa shape index (κ3) is 2.69. The van der Waals surface area contributed by atoms with Crippen LogP contribution in [0, 0.1) is 11.2 Å². The summed E-state index contributed by atoms with van der Waals surface area (Å²) in [5, 5.41) is 3.04. The number of rotatable bonds is 2. The number of halogens is 1. The second-order valence-corrected chi connectivity index (χ2v) is 6.05. The molecule has 1 aromatic carbocycles. The first-order valence-corrected chi connectivity index (χ1v) is 6.64. The molecule has 1 aliphatic rings. The molecule has 98 valence electrons. The molecule has 1 N–H and O–H groups in total. The summed E-state index contributed by atoms with van der Waals surface area (Å²) < 4.78 is 13.1. The van der Waals surface area contributed by atoms with Crippen LogP contribution in [0.1, 0.15) is 43.5 Å². The zero-order chi connectivity index (χ0) is 13.3. The highest BCUT2D eigenvalue weighted by atomic mass is 32.1. The molecule has 1 fully saturated rings. The van der Waals surface area contributed by atoms with Gasteiger partial charge in [0.25, 0.3) is 5.91 Å². The molecule has 0 aromatic heterocycles. The first-order valence-electron chi connectivity index (χ1n) is 6.19. The van der Waals surface area contributed by atoms with Gasteiger partial charge < -0.3 is 5.32 Å². The van der Waals surface area contributed by atoms with Crippen LogP contribution in [0.4, 0.5) is 4.39 Å². The Labute approximate surface area is 112 Å². The van der Waals surface area contributed by atoms with Crippen molar-refractivity contribution >= 4 is 18.5 Å². The zero-order valence-electron chi connectivity index (χ0n) is 10.7. The Morgan fingerprint density at radius 3 is 2.78 bits per heavy atom. The molecule has 0 heterocycles. The Kier molecular flexibility index (Phi) is 3.66. The van der Waals surface area contributed by atoms with Crippen LogP contribution in [0.5, 0.6) is 0 Å². The van der Waals surface area contributed by atoms with Gasteiger partial charge in [-0.25, -0.2) is 4.39 Å². The molecular formula is C14H18FNOS. The number of nitrogens with one attached hydrogen (secondary N) is 1. The van der Waals surface area contributed by atoms with Crippen LogP contribution in [0.3, 0.4) is 0 Å². The van der Waals surface area contributed by atoms with Crippen molar-refractivity contribution in [3.8, 4) is 0 Å². The predicted molar refractivity (Wildman–Crippen MR) is 72.5 cm³/mol. The Balaban J connectivity index is 2.10. The fourth-order valence-electron chi connectivity index (χ4n) is 2.49. The maximum Gasteiger partial charge on any atom is 0.251 e. The number of hydrogen-bond donors (Lipinski definition) is 2. The largest absolute Gasteiger partial charge is 0.349 e. The average Bonchev–Trinajstić information content (AvgIpc) is 2.62.